The van der Waals surface area contributed by atoms with Crippen LogP contribution < -0.4 is 5.73 Å². The number of nitrogens with two attached hydrogens (primary N) is 1. The minimum absolute atomic E-state index is 0.375. The average molecular weight is 370 g/mol. The van der Waals surface area contributed by atoms with Gasteiger partial charge in [0.05, 0.1) is 29.8 Å². The number of nitrogens with zero attached hydrogens (tertiary/aromatic N) is 3. The summed E-state index contributed by atoms with van der Waals surface area (Å²) in [7, 11) is 0. The third-order valence-electron chi connectivity index (χ3n) is 4.39. The van der Waals surface area contributed by atoms with Crippen LogP contribution in [0, 0.1) is 0 Å². The van der Waals surface area contributed by atoms with Crippen molar-refractivity contribution >= 4 is 34.0 Å². The molecule has 0 aliphatic heterocycles. The van der Waals surface area contributed by atoms with Gasteiger partial charge in [-0.3, -0.25) is 0 Å². The number of carbonyl (C=O) groups is 1. The summed E-state index contributed by atoms with van der Waals surface area (Å²) in [5.41, 5.74) is 8.14. The van der Waals surface area contributed by atoms with Crippen molar-refractivity contribution in [3.8, 4) is 0 Å². The molecule has 3 aromatic rings. The maximum Gasteiger partial charge on any atom is 0.152 e. The van der Waals surface area contributed by atoms with Crippen molar-refractivity contribution in [3.63, 3.8) is 0 Å². The Morgan fingerprint density at radius 3 is 2.78 bits per heavy atom. The number of fused-ring (bicyclic) bond motifs is 3. The first-order valence-corrected chi connectivity index (χ1v) is 9.15. The van der Waals surface area contributed by atoms with E-state index in [4.69, 9.17) is 20.2 Å². The van der Waals surface area contributed by atoms with Gasteiger partial charge in [0, 0.05) is 18.4 Å². The summed E-state index contributed by atoms with van der Waals surface area (Å²) in [5, 5.41) is 0.987. The zero-order chi connectivity index (χ0) is 19.4. The normalized spacial score (nSPS) is 12.1. The van der Waals surface area contributed by atoms with Crippen LogP contribution in [-0.4, -0.2) is 39.6 Å². The number of imidazole rings is 1. The molecule has 0 amide bonds. The van der Waals surface area contributed by atoms with E-state index in [1.54, 1.807) is 0 Å². The molecule has 0 fully saturated rings. The Morgan fingerprint density at radius 1 is 1.26 bits per heavy atom. The number of aromatic nitrogens is 3. The Labute approximate surface area is 158 Å². The summed E-state index contributed by atoms with van der Waals surface area (Å²) in [6.07, 6.45) is 1.24. The highest BCUT2D eigenvalue weighted by Gasteiger charge is 2.25. The topological polar surface area (TPSA) is 92.3 Å². The first kappa shape index (κ1) is 19.3. The zero-order valence-electron chi connectivity index (χ0n) is 16.1. The predicted molar refractivity (Wildman–Crippen MR) is 105 cm³/mol. The van der Waals surface area contributed by atoms with Crippen LogP contribution in [0.3, 0.4) is 0 Å². The first-order valence-electron chi connectivity index (χ1n) is 9.15. The van der Waals surface area contributed by atoms with Crippen LogP contribution >= 0.6 is 0 Å². The van der Waals surface area contributed by atoms with Crippen molar-refractivity contribution in [3.05, 3.63) is 30.1 Å². The van der Waals surface area contributed by atoms with E-state index in [0.29, 0.717) is 44.1 Å². The molecule has 0 bridgehead atoms. The molecular formula is C20H26N4O3. The van der Waals surface area contributed by atoms with Crippen LogP contribution in [0.15, 0.2) is 24.3 Å². The fourth-order valence-electron chi connectivity index (χ4n) is 3.19. The summed E-state index contributed by atoms with van der Waals surface area (Å²) in [6, 6.07) is 7.88. The van der Waals surface area contributed by atoms with E-state index in [9.17, 15) is 4.79 Å². The molecule has 0 spiro atoms. The van der Waals surface area contributed by atoms with Crippen molar-refractivity contribution in [1.82, 2.24) is 14.5 Å². The van der Waals surface area contributed by atoms with Gasteiger partial charge in [-0.2, -0.15) is 0 Å². The maximum atomic E-state index is 10.6. The largest absolute Gasteiger partial charge is 0.382 e. The van der Waals surface area contributed by atoms with Crippen LogP contribution in [-0.2, 0) is 27.4 Å². The van der Waals surface area contributed by atoms with Crippen LogP contribution in [0.5, 0.6) is 0 Å². The highest BCUT2D eigenvalue weighted by molar-refractivity contribution is 6.06. The SMILES string of the molecule is CCOCc1nc2c(N)nc3ccccc3c2n1CC(C)(C)OCCC=O. The third kappa shape index (κ3) is 4.09. The van der Waals surface area contributed by atoms with Gasteiger partial charge in [0.1, 0.15) is 24.2 Å². The molecule has 2 N–H and O–H groups in total. The lowest BCUT2D eigenvalue weighted by atomic mass is 10.1. The van der Waals surface area contributed by atoms with Crippen LogP contribution in [0.2, 0.25) is 0 Å². The number of benzene rings is 1. The second-order valence-corrected chi connectivity index (χ2v) is 7.03. The van der Waals surface area contributed by atoms with E-state index in [1.807, 2.05) is 45.0 Å². The molecule has 27 heavy (non-hydrogen) atoms. The van der Waals surface area contributed by atoms with Crippen molar-refractivity contribution in [1.29, 1.82) is 0 Å². The highest BCUT2D eigenvalue weighted by Crippen LogP contribution is 2.30. The quantitative estimate of drug-likeness (QED) is 0.460. The van der Waals surface area contributed by atoms with Crippen LogP contribution in [0.1, 0.15) is 33.0 Å². The second-order valence-electron chi connectivity index (χ2n) is 7.03. The number of nitrogen functional groups attached to an aromatic ring is 1. The number of rotatable bonds is 9. The molecule has 144 valence electrons. The number of para-hydroxylation sites is 1. The van der Waals surface area contributed by atoms with Crippen molar-refractivity contribution in [2.24, 2.45) is 0 Å². The molecule has 1 aromatic carbocycles. The van der Waals surface area contributed by atoms with Gasteiger partial charge in [-0.05, 0) is 26.8 Å². The van der Waals surface area contributed by atoms with Gasteiger partial charge in [0.15, 0.2) is 5.82 Å². The lowest BCUT2D eigenvalue weighted by molar-refractivity contribution is -0.110. The summed E-state index contributed by atoms with van der Waals surface area (Å²) < 4.78 is 13.7. The van der Waals surface area contributed by atoms with E-state index in [1.165, 1.54) is 0 Å². The van der Waals surface area contributed by atoms with Gasteiger partial charge < -0.3 is 24.6 Å². The maximum absolute atomic E-state index is 10.6. The Kier molecular flexibility index (Phi) is 5.72. The predicted octanol–water partition coefficient (Wildman–Crippen LogP) is 3.09. The molecule has 7 nitrogen and oxygen atoms in total. The molecular weight excluding hydrogens is 344 g/mol. The molecule has 2 heterocycles. The van der Waals surface area contributed by atoms with Gasteiger partial charge in [-0.15, -0.1) is 0 Å². The average Bonchev–Trinajstić information content (AvgIpc) is 2.99. The smallest absolute Gasteiger partial charge is 0.152 e. The lowest BCUT2D eigenvalue weighted by Gasteiger charge is -2.27. The van der Waals surface area contributed by atoms with Crippen LogP contribution in [0.4, 0.5) is 5.82 Å². The molecule has 0 radical (unpaired) electrons. The number of anilines is 1. The molecule has 3 rings (SSSR count). The minimum Gasteiger partial charge on any atom is -0.382 e. The Hall–Kier alpha value is -2.51. The third-order valence-corrected chi connectivity index (χ3v) is 4.39. The number of aldehydes is 1. The molecule has 7 heteroatoms. The molecule has 0 atom stereocenters. The Morgan fingerprint density at radius 2 is 2.04 bits per heavy atom. The second kappa shape index (κ2) is 8.02. The van der Waals surface area contributed by atoms with Crippen molar-refractivity contribution in [2.45, 2.75) is 45.9 Å². The van der Waals surface area contributed by atoms with Crippen LogP contribution in [0.25, 0.3) is 21.9 Å². The van der Waals surface area contributed by atoms with Gasteiger partial charge in [-0.25, -0.2) is 9.97 Å². The molecule has 0 saturated heterocycles. The minimum atomic E-state index is -0.489. The summed E-state index contributed by atoms with van der Waals surface area (Å²) in [6.45, 7) is 7.86. The van der Waals surface area contributed by atoms with Crippen molar-refractivity contribution < 1.29 is 14.3 Å². The fourth-order valence-corrected chi connectivity index (χ4v) is 3.19. The molecule has 0 aliphatic rings. The number of hydrogen-bond donors (Lipinski definition) is 1. The van der Waals surface area contributed by atoms with Gasteiger partial charge in [0.2, 0.25) is 0 Å². The highest BCUT2D eigenvalue weighted by atomic mass is 16.5. The Bertz CT molecular complexity index is 949. The van der Waals surface area contributed by atoms with E-state index < -0.39 is 5.60 Å². The summed E-state index contributed by atoms with van der Waals surface area (Å²) in [4.78, 5) is 19.8. The summed E-state index contributed by atoms with van der Waals surface area (Å²) in [5.74, 6) is 1.18. The lowest BCUT2D eigenvalue weighted by Crippen LogP contribution is -2.32. The van der Waals surface area contributed by atoms with Gasteiger partial charge >= 0.3 is 0 Å². The molecule has 0 unspecified atom stereocenters. The van der Waals surface area contributed by atoms with Gasteiger partial charge in [0.25, 0.3) is 0 Å². The van der Waals surface area contributed by atoms with E-state index in [-0.39, 0.29) is 0 Å². The monoisotopic (exact) mass is 370 g/mol. The standard InChI is InChI=1S/C20H26N4O3/c1-4-26-12-16-23-17-18(14-8-5-6-9-15(14)22-19(17)21)24(16)13-20(2,3)27-11-7-10-25/h5-6,8-10H,4,7,11-13H2,1-3H3,(H2,21,22). The number of pyridine rings is 1. The number of carbonyl (C=O) groups excluding carboxylic acids is 1. The van der Waals surface area contributed by atoms with E-state index in [0.717, 1.165) is 28.5 Å². The van der Waals surface area contributed by atoms with Gasteiger partial charge in [-0.1, -0.05) is 18.2 Å². The Balaban J connectivity index is 2.13. The molecule has 0 aliphatic carbocycles. The zero-order valence-corrected chi connectivity index (χ0v) is 16.1. The van der Waals surface area contributed by atoms with Crippen molar-refractivity contribution in [2.75, 3.05) is 18.9 Å². The van der Waals surface area contributed by atoms with E-state index in [2.05, 4.69) is 9.55 Å². The summed E-state index contributed by atoms with van der Waals surface area (Å²) >= 11 is 0. The number of ether oxygens (including phenoxy) is 2. The number of hydrogen-bond acceptors (Lipinski definition) is 6. The fraction of sp³-hybridized carbons (Fsp3) is 0.450. The molecule has 2 aromatic heterocycles. The van der Waals surface area contributed by atoms with E-state index >= 15 is 0 Å². The molecule has 0 saturated carbocycles. The first-order chi connectivity index (χ1) is 13.0.